The van der Waals surface area contributed by atoms with Crippen molar-refractivity contribution in [3.05, 3.63) is 26.0 Å². The minimum absolute atomic E-state index is 0.134. The topological polar surface area (TPSA) is 78.0 Å². The van der Waals surface area contributed by atoms with Gasteiger partial charge in [-0.25, -0.2) is 4.68 Å². The molecule has 0 unspecified atom stereocenters. The molecule has 0 spiro atoms. The quantitative estimate of drug-likeness (QED) is 0.627. The number of rotatable bonds is 4. The Morgan fingerprint density at radius 1 is 1.56 bits per heavy atom. The molecule has 88 valence electrons. The van der Waals surface area contributed by atoms with Crippen LogP contribution in [0.5, 0.6) is 0 Å². The third-order valence-corrected chi connectivity index (χ3v) is 3.32. The first-order valence-electron chi connectivity index (χ1n) is 4.80. The molecule has 1 aromatic heterocycles. The van der Waals surface area contributed by atoms with Crippen LogP contribution in [0.1, 0.15) is 29.0 Å². The van der Waals surface area contributed by atoms with Crippen molar-refractivity contribution in [2.45, 2.75) is 26.7 Å². The zero-order valence-electron chi connectivity index (χ0n) is 9.07. The van der Waals surface area contributed by atoms with Crippen LogP contribution in [0.3, 0.4) is 0 Å². The summed E-state index contributed by atoms with van der Waals surface area (Å²) in [5.41, 5.74) is 1.46. The molecule has 0 saturated heterocycles. The van der Waals surface area contributed by atoms with Gasteiger partial charge in [0.05, 0.1) is 15.9 Å². The van der Waals surface area contributed by atoms with Crippen molar-refractivity contribution in [1.29, 1.82) is 0 Å². The van der Waals surface area contributed by atoms with E-state index in [0.29, 0.717) is 0 Å². The van der Waals surface area contributed by atoms with E-state index in [-0.39, 0.29) is 25.3 Å². The molecule has 1 heterocycles. The summed E-state index contributed by atoms with van der Waals surface area (Å²) >= 11 is 3.32. The van der Waals surface area contributed by atoms with E-state index in [1.54, 1.807) is 13.8 Å². The van der Waals surface area contributed by atoms with E-state index < -0.39 is 4.92 Å². The smallest absolute Gasteiger partial charge is 0.247 e. The maximum atomic E-state index is 11.7. The van der Waals surface area contributed by atoms with Gasteiger partial charge >= 0.3 is 0 Å². The molecule has 0 fully saturated rings. The molecule has 6 nitrogen and oxygen atoms in total. The fourth-order valence-electron chi connectivity index (χ4n) is 1.33. The lowest BCUT2D eigenvalue weighted by Gasteiger charge is -2.01. The first-order chi connectivity index (χ1) is 7.43. The Labute approximate surface area is 101 Å². The Morgan fingerprint density at radius 3 is 2.62 bits per heavy atom. The van der Waals surface area contributed by atoms with E-state index in [4.69, 9.17) is 0 Å². The first-order valence-corrected chi connectivity index (χ1v) is 5.59. The summed E-state index contributed by atoms with van der Waals surface area (Å²) < 4.78 is 2.09. The molecule has 0 amide bonds. The van der Waals surface area contributed by atoms with Crippen molar-refractivity contribution >= 4 is 21.8 Å². The lowest BCUT2D eigenvalue weighted by atomic mass is 10.3. The first kappa shape index (κ1) is 12.8. The average molecular weight is 290 g/mol. The fourth-order valence-corrected chi connectivity index (χ4v) is 1.58. The van der Waals surface area contributed by atoms with Crippen molar-refractivity contribution in [2.24, 2.45) is 0 Å². The summed E-state index contributed by atoms with van der Waals surface area (Å²) in [6.45, 7) is 3.37. The van der Waals surface area contributed by atoms with Crippen LogP contribution in [0, 0.1) is 24.0 Å². The number of nitrogens with zero attached hydrogens (tertiary/aromatic N) is 3. The molecule has 0 aliphatic carbocycles. The van der Waals surface area contributed by atoms with Crippen molar-refractivity contribution < 1.29 is 9.72 Å². The Morgan fingerprint density at radius 2 is 2.19 bits per heavy atom. The maximum Gasteiger partial charge on any atom is 0.247 e. The molecule has 1 aromatic rings. The molecule has 1 rings (SSSR count). The molecule has 0 radical (unpaired) electrons. The van der Waals surface area contributed by atoms with Gasteiger partial charge in [-0.2, -0.15) is 5.10 Å². The van der Waals surface area contributed by atoms with Crippen LogP contribution in [0.4, 0.5) is 0 Å². The zero-order chi connectivity index (χ0) is 12.3. The van der Waals surface area contributed by atoms with Crippen LogP contribution in [0.25, 0.3) is 0 Å². The number of hydrogen-bond donors (Lipinski definition) is 0. The molecule has 7 heteroatoms. The van der Waals surface area contributed by atoms with E-state index in [2.05, 4.69) is 21.0 Å². The summed E-state index contributed by atoms with van der Waals surface area (Å²) in [7, 11) is 0. The van der Waals surface area contributed by atoms with Gasteiger partial charge in [-0.3, -0.25) is 14.9 Å². The van der Waals surface area contributed by atoms with Crippen LogP contribution in [0.2, 0.25) is 0 Å². The Kier molecular flexibility index (Phi) is 4.17. The zero-order valence-corrected chi connectivity index (χ0v) is 10.7. The van der Waals surface area contributed by atoms with Crippen LogP contribution < -0.4 is 0 Å². The van der Waals surface area contributed by atoms with Gasteiger partial charge in [-0.1, -0.05) is 0 Å². The highest BCUT2D eigenvalue weighted by Gasteiger charge is 2.15. The number of aryl methyl sites for hydroxylation is 1. The van der Waals surface area contributed by atoms with Gasteiger partial charge in [0.25, 0.3) is 0 Å². The predicted molar refractivity (Wildman–Crippen MR) is 61.1 cm³/mol. The minimum Gasteiger partial charge on any atom is -0.273 e. The molecular weight excluding hydrogens is 278 g/mol. The maximum absolute atomic E-state index is 11.7. The molecule has 16 heavy (non-hydrogen) atoms. The molecule has 0 saturated carbocycles. The second-order valence-electron chi connectivity index (χ2n) is 3.45. The van der Waals surface area contributed by atoms with Gasteiger partial charge in [0.1, 0.15) is 0 Å². The summed E-state index contributed by atoms with van der Waals surface area (Å²) in [6, 6.07) is 0. The number of aromatic nitrogens is 2. The van der Waals surface area contributed by atoms with Gasteiger partial charge < -0.3 is 0 Å². The highest BCUT2D eigenvalue weighted by Crippen LogP contribution is 2.19. The highest BCUT2D eigenvalue weighted by molar-refractivity contribution is 9.10. The number of carbonyl (C=O) groups is 1. The van der Waals surface area contributed by atoms with Crippen molar-refractivity contribution in [3.8, 4) is 0 Å². The highest BCUT2D eigenvalue weighted by atomic mass is 79.9. The van der Waals surface area contributed by atoms with Crippen molar-refractivity contribution in [1.82, 2.24) is 9.78 Å². The van der Waals surface area contributed by atoms with Crippen molar-refractivity contribution in [2.75, 3.05) is 6.54 Å². The van der Waals surface area contributed by atoms with E-state index >= 15 is 0 Å². The molecule has 0 N–H and O–H groups in total. The minimum atomic E-state index is -0.426. The molecule has 0 aromatic carbocycles. The fraction of sp³-hybridized carbons (Fsp3) is 0.556. The number of nitro groups is 1. The van der Waals surface area contributed by atoms with E-state index in [9.17, 15) is 14.9 Å². The lowest BCUT2D eigenvalue weighted by Crippen LogP contribution is -2.15. The number of halogens is 1. The number of carbonyl (C=O) groups excluding carboxylic acids is 1. The number of hydrogen-bond acceptors (Lipinski definition) is 4. The summed E-state index contributed by atoms with van der Waals surface area (Å²) in [6.07, 6.45) is 0.372. The summed E-state index contributed by atoms with van der Waals surface area (Å²) in [5.74, 6) is -0.215. The predicted octanol–water partition coefficient (Wildman–Crippen LogP) is 1.96. The second-order valence-corrected chi connectivity index (χ2v) is 4.24. The van der Waals surface area contributed by atoms with Crippen LogP contribution in [-0.2, 0) is 0 Å². The third-order valence-electron chi connectivity index (χ3n) is 2.17. The Bertz CT molecular complexity index is 428. The van der Waals surface area contributed by atoms with Crippen LogP contribution >= 0.6 is 15.9 Å². The lowest BCUT2D eigenvalue weighted by molar-refractivity contribution is -0.480. The van der Waals surface area contributed by atoms with Gasteiger partial charge in [-0.15, -0.1) is 0 Å². The summed E-state index contributed by atoms with van der Waals surface area (Å²) in [5, 5.41) is 14.2. The van der Waals surface area contributed by atoms with Gasteiger partial charge in [0.15, 0.2) is 0 Å². The van der Waals surface area contributed by atoms with E-state index in [0.717, 1.165) is 15.9 Å². The van der Waals surface area contributed by atoms with Crippen molar-refractivity contribution in [3.63, 3.8) is 0 Å². The Balaban J connectivity index is 2.66. The van der Waals surface area contributed by atoms with Gasteiger partial charge in [0.2, 0.25) is 12.5 Å². The molecule has 0 bridgehead atoms. The van der Waals surface area contributed by atoms with E-state index in [1.165, 1.54) is 4.68 Å². The largest absolute Gasteiger partial charge is 0.273 e. The second kappa shape index (κ2) is 5.20. The van der Waals surface area contributed by atoms with Crippen LogP contribution in [0.15, 0.2) is 4.47 Å². The standard InChI is InChI=1S/C9H12BrN3O3/c1-6-9(10)7(2)13(11-6)8(14)4-3-5-12(15)16/h3-5H2,1-2H3. The molecule has 0 atom stereocenters. The van der Waals surface area contributed by atoms with Gasteiger partial charge in [0, 0.05) is 17.8 Å². The van der Waals surface area contributed by atoms with Crippen LogP contribution in [-0.4, -0.2) is 27.2 Å². The SMILES string of the molecule is Cc1nn(C(=O)CCC[N+](=O)[O-])c(C)c1Br. The average Bonchev–Trinajstić information content (AvgIpc) is 2.45. The molecule has 0 aliphatic rings. The Hall–Kier alpha value is -1.24. The van der Waals surface area contributed by atoms with Gasteiger partial charge in [-0.05, 0) is 29.8 Å². The monoisotopic (exact) mass is 289 g/mol. The normalized spacial score (nSPS) is 10.4. The summed E-state index contributed by atoms with van der Waals surface area (Å²) in [4.78, 5) is 21.4. The molecule has 0 aliphatic heterocycles. The third kappa shape index (κ3) is 2.88. The van der Waals surface area contributed by atoms with E-state index in [1.807, 2.05) is 0 Å². The molecular formula is C9H12BrN3O3.